The molecule has 0 saturated carbocycles. The highest BCUT2D eigenvalue weighted by molar-refractivity contribution is 6.28. The molecule has 0 amide bonds. The highest BCUT2D eigenvalue weighted by atomic mass is 35.5. The number of halogens is 1. The van der Waals surface area contributed by atoms with Gasteiger partial charge in [-0.1, -0.05) is 0 Å². The van der Waals surface area contributed by atoms with Crippen molar-refractivity contribution in [3.63, 3.8) is 0 Å². The van der Waals surface area contributed by atoms with E-state index in [2.05, 4.69) is 15.0 Å². The van der Waals surface area contributed by atoms with Gasteiger partial charge in [-0.2, -0.15) is 4.98 Å². The first kappa shape index (κ1) is 12.7. The SMILES string of the molecule is COc1ccc(N(C)c2nc(Cl)nc3cc[nH]c23)cc1. The lowest BCUT2D eigenvalue weighted by atomic mass is 10.2. The number of nitrogens with zero attached hydrogens (tertiary/aromatic N) is 3. The Kier molecular flexibility index (Phi) is 3.20. The van der Waals surface area contributed by atoms with Crippen molar-refractivity contribution < 1.29 is 4.74 Å². The van der Waals surface area contributed by atoms with Gasteiger partial charge in [-0.25, -0.2) is 4.98 Å². The summed E-state index contributed by atoms with van der Waals surface area (Å²) in [4.78, 5) is 13.6. The molecule has 0 spiro atoms. The molecule has 0 fully saturated rings. The number of methoxy groups -OCH3 is 1. The van der Waals surface area contributed by atoms with Gasteiger partial charge in [-0.15, -0.1) is 0 Å². The van der Waals surface area contributed by atoms with Crippen molar-refractivity contribution in [1.29, 1.82) is 0 Å². The summed E-state index contributed by atoms with van der Waals surface area (Å²) in [5.74, 6) is 1.54. The van der Waals surface area contributed by atoms with E-state index in [0.717, 1.165) is 28.3 Å². The van der Waals surface area contributed by atoms with Crippen molar-refractivity contribution in [1.82, 2.24) is 15.0 Å². The molecular formula is C14H13ClN4O. The minimum atomic E-state index is 0.229. The number of nitrogens with one attached hydrogen (secondary N) is 1. The maximum atomic E-state index is 5.98. The van der Waals surface area contributed by atoms with E-state index < -0.39 is 0 Å². The molecule has 0 bridgehead atoms. The Labute approximate surface area is 121 Å². The molecule has 3 aromatic rings. The number of benzene rings is 1. The zero-order valence-corrected chi connectivity index (χ0v) is 11.8. The number of ether oxygens (including phenoxy) is 1. The minimum Gasteiger partial charge on any atom is -0.497 e. The Hall–Kier alpha value is -2.27. The number of fused-ring (bicyclic) bond motifs is 1. The van der Waals surface area contributed by atoms with E-state index in [9.17, 15) is 0 Å². The summed E-state index contributed by atoms with van der Waals surface area (Å²) in [5, 5.41) is 0.229. The van der Waals surface area contributed by atoms with Crippen LogP contribution in [0.1, 0.15) is 0 Å². The lowest BCUT2D eigenvalue weighted by Gasteiger charge is -2.19. The van der Waals surface area contributed by atoms with Gasteiger partial charge < -0.3 is 14.6 Å². The molecule has 0 saturated heterocycles. The van der Waals surface area contributed by atoms with Gasteiger partial charge in [0.15, 0.2) is 5.82 Å². The van der Waals surface area contributed by atoms with E-state index in [0.29, 0.717) is 0 Å². The van der Waals surface area contributed by atoms with Crippen LogP contribution in [0.4, 0.5) is 11.5 Å². The molecule has 0 aliphatic carbocycles. The summed E-state index contributed by atoms with van der Waals surface area (Å²) in [7, 11) is 3.58. The van der Waals surface area contributed by atoms with Crippen LogP contribution in [0.3, 0.4) is 0 Å². The monoisotopic (exact) mass is 288 g/mol. The lowest BCUT2D eigenvalue weighted by molar-refractivity contribution is 0.415. The van der Waals surface area contributed by atoms with Crippen molar-refractivity contribution in [2.24, 2.45) is 0 Å². The lowest BCUT2D eigenvalue weighted by Crippen LogP contribution is -2.12. The smallest absolute Gasteiger partial charge is 0.225 e. The van der Waals surface area contributed by atoms with Crippen molar-refractivity contribution >= 4 is 34.1 Å². The van der Waals surface area contributed by atoms with E-state index in [1.54, 1.807) is 7.11 Å². The van der Waals surface area contributed by atoms with Crippen LogP contribution >= 0.6 is 11.6 Å². The van der Waals surface area contributed by atoms with Gasteiger partial charge in [0.1, 0.15) is 11.3 Å². The summed E-state index contributed by atoms with van der Waals surface area (Å²) in [5.41, 5.74) is 2.63. The van der Waals surface area contributed by atoms with Gasteiger partial charge in [0.05, 0.1) is 12.6 Å². The number of aromatic nitrogens is 3. The third-order valence-corrected chi connectivity index (χ3v) is 3.31. The van der Waals surface area contributed by atoms with E-state index >= 15 is 0 Å². The van der Waals surface area contributed by atoms with E-state index in [-0.39, 0.29) is 5.28 Å². The highest BCUT2D eigenvalue weighted by Crippen LogP contribution is 2.29. The van der Waals surface area contributed by atoms with Crippen LogP contribution < -0.4 is 9.64 Å². The summed E-state index contributed by atoms with van der Waals surface area (Å²) in [6.45, 7) is 0. The summed E-state index contributed by atoms with van der Waals surface area (Å²) < 4.78 is 5.16. The molecule has 3 rings (SSSR count). The molecule has 2 aromatic heterocycles. The second-order valence-electron chi connectivity index (χ2n) is 4.31. The number of hydrogen-bond donors (Lipinski definition) is 1. The van der Waals surface area contributed by atoms with Gasteiger partial charge in [0, 0.05) is 18.9 Å². The van der Waals surface area contributed by atoms with Crippen molar-refractivity contribution in [3.8, 4) is 5.75 Å². The van der Waals surface area contributed by atoms with Crippen LogP contribution in [0.15, 0.2) is 36.5 Å². The number of rotatable bonds is 3. The molecule has 1 aromatic carbocycles. The largest absolute Gasteiger partial charge is 0.497 e. The highest BCUT2D eigenvalue weighted by Gasteiger charge is 2.13. The second kappa shape index (κ2) is 5.02. The molecule has 6 heteroatoms. The maximum Gasteiger partial charge on any atom is 0.225 e. The molecule has 20 heavy (non-hydrogen) atoms. The standard InChI is InChI=1S/C14H13ClN4O/c1-19(9-3-5-10(20-2)6-4-9)13-12-11(7-8-16-12)17-14(15)18-13/h3-8,16H,1-2H3. The molecular weight excluding hydrogens is 276 g/mol. The van der Waals surface area contributed by atoms with Gasteiger partial charge in [-0.3, -0.25) is 0 Å². The summed E-state index contributed by atoms with van der Waals surface area (Å²) in [6, 6.07) is 9.60. The Morgan fingerprint density at radius 2 is 1.90 bits per heavy atom. The molecule has 0 aliphatic heterocycles. The fourth-order valence-corrected chi connectivity index (χ4v) is 2.24. The maximum absolute atomic E-state index is 5.98. The number of aromatic amines is 1. The van der Waals surface area contributed by atoms with E-state index in [1.807, 2.05) is 48.5 Å². The molecule has 0 atom stereocenters. The van der Waals surface area contributed by atoms with Crippen LogP contribution in [0.25, 0.3) is 11.0 Å². The van der Waals surface area contributed by atoms with E-state index in [4.69, 9.17) is 16.3 Å². The normalized spacial score (nSPS) is 10.8. The summed E-state index contributed by atoms with van der Waals surface area (Å²) in [6.07, 6.45) is 1.82. The van der Waals surface area contributed by atoms with Gasteiger partial charge in [0.25, 0.3) is 0 Å². The molecule has 0 unspecified atom stereocenters. The first-order valence-electron chi connectivity index (χ1n) is 6.07. The predicted octanol–water partition coefficient (Wildman–Crippen LogP) is 3.39. The molecule has 5 nitrogen and oxygen atoms in total. The summed E-state index contributed by atoms with van der Waals surface area (Å²) >= 11 is 5.98. The zero-order valence-electron chi connectivity index (χ0n) is 11.1. The zero-order chi connectivity index (χ0) is 14.1. The molecule has 1 N–H and O–H groups in total. The molecule has 2 heterocycles. The van der Waals surface area contributed by atoms with E-state index in [1.165, 1.54) is 0 Å². The van der Waals surface area contributed by atoms with Crippen LogP contribution in [0.5, 0.6) is 5.75 Å². The first-order chi connectivity index (χ1) is 9.69. The first-order valence-corrected chi connectivity index (χ1v) is 6.45. The van der Waals surface area contributed by atoms with Crippen molar-refractivity contribution in [2.75, 3.05) is 19.1 Å². The van der Waals surface area contributed by atoms with Crippen LogP contribution in [0.2, 0.25) is 5.28 Å². The Bertz CT molecular complexity index is 739. The van der Waals surface area contributed by atoms with Crippen LogP contribution in [0, 0.1) is 0 Å². The van der Waals surface area contributed by atoms with Gasteiger partial charge in [0.2, 0.25) is 5.28 Å². The van der Waals surface area contributed by atoms with Crippen LogP contribution in [-0.2, 0) is 0 Å². The second-order valence-corrected chi connectivity index (χ2v) is 4.65. The molecule has 0 radical (unpaired) electrons. The van der Waals surface area contributed by atoms with Gasteiger partial charge >= 0.3 is 0 Å². The van der Waals surface area contributed by atoms with Crippen LogP contribution in [-0.4, -0.2) is 29.1 Å². The number of anilines is 2. The number of H-pyrrole nitrogens is 1. The Morgan fingerprint density at radius 1 is 1.15 bits per heavy atom. The quantitative estimate of drug-likeness (QED) is 0.751. The van der Waals surface area contributed by atoms with Crippen molar-refractivity contribution in [3.05, 3.63) is 41.8 Å². The Balaban J connectivity index is 2.06. The predicted molar refractivity (Wildman–Crippen MR) is 80.0 cm³/mol. The fraction of sp³-hybridized carbons (Fsp3) is 0.143. The molecule has 0 aliphatic rings. The third-order valence-electron chi connectivity index (χ3n) is 3.14. The average Bonchev–Trinajstić information content (AvgIpc) is 2.94. The van der Waals surface area contributed by atoms with Crippen molar-refractivity contribution in [2.45, 2.75) is 0 Å². The number of hydrogen-bond acceptors (Lipinski definition) is 4. The fourth-order valence-electron chi connectivity index (χ4n) is 2.07. The third kappa shape index (κ3) is 2.16. The van der Waals surface area contributed by atoms with Gasteiger partial charge in [-0.05, 0) is 41.9 Å². The Morgan fingerprint density at radius 3 is 2.60 bits per heavy atom. The minimum absolute atomic E-state index is 0.229. The average molecular weight is 289 g/mol. The topological polar surface area (TPSA) is 54.0 Å². The molecule has 102 valence electrons.